The number of aliphatic hydroxyl groups excluding tert-OH is 1. The Kier molecular flexibility index (Phi) is 3.17. The van der Waals surface area contributed by atoms with Gasteiger partial charge in [-0.1, -0.05) is 18.6 Å². The first kappa shape index (κ1) is 6.32. The Hall–Kier alpha value is -0.675. The zero-order chi connectivity index (χ0) is 5.70. The second-order valence-electron chi connectivity index (χ2n) is 1.07. The lowest BCUT2D eigenvalue weighted by Gasteiger charge is -1.86. The van der Waals surface area contributed by atoms with Gasteiger partial charge in [-0.05, 0) is 0 Å². The molecule has 0 rings (SSSR count). The summed E-state index contributed by atoms with van der Waals surface area (Å²) in [4.78, 5) is 0. The van der Waals surface area contributed by atoms with Gasteiger partial charge in [0.05, 0.1) is 0 Å². The van der Waals surface area contributed by atoms with E-state index in [4.69, 9.17) is 5.11 Å². The fourth-order valence-corrected chi connectivity index (χ4v) is 0.207. The van der Waals surface area contributed by atoms with E-state index in [1.165, 1.54) is 6.08 Å². The van der Waals surface area contributed by atoms with Crippen LogP contribution in [0.15, 0.2) is 12.7 Å². The lowest BCUT2D eigenvalue weighted by molar-refractivity contribution is 0.281. The number of hydrogen-bond donors (Lipinski definition) is 1. The van der Waals surface area contributed by atoms with Gasteiger partial charge in [0, 0.05) is 0 Å². The monoisotopic (exact) mass is 94.1 g/mol. The predicted octanol–water partition coefficient (Wildman–Crippen LogP) is -0.873. The highest BCUT2D eigenvalue weighted by atomic mass is 16.3. The van der Waals surface area contributed by atoms with E-state index < -0.39 is 6.10 Å². The van der Waals surface area contributed by atoms with E-state index in [1.54, 1.807) is 7.85 Å². The van der Waals surface area contributed by atoms with Gasteiger partial charge < -0.3 is 5.11 Å². The lowest BCUT2D eigenvalue weighted by atomic mass is 10.1. The Labute approximate surface area is 44.5 Å². The topological polar surface area (TPSA) is 20.2 Å². The van der Waals surface area contributed by atoms with E-state index in [-0.39, 0.29) is 0 Å². The molecule has 0 spiro atoms. The van der Waals surface area contributed by atoms with E-state index in [9.17, 15) is 0 Å². The molecule has 1 nitrogen and oxygen atoms in total. The summed E-state index contributed by atoms with van der Waals surface area (Å²) in [6.07, 6.45) is 0.737. The second kappa shape index (κ2) is 3.51. The van der Waals surface area contributed by atoms with Crippen molar-refractivity contribution >= 4 is 7.85 Å². The van der Waals surface area contributed by atoms with Crippen LogP contribution in [0.4, 0.5) is 0 Å². The van der Waals surface area contributed by atoms with E-state index in [0.29, 0.717) is 0 Å². The molecule has 0 fully saturated rings. The molecule has 0 aliphatic heterocycles. The van der Waals surface area contributed by atoms with Crippen LogP contribution < -0.4 is 0 Å². The van der Waals surface area contributed by atoms with Gasteiger partial charge >= 0.3 is 0 Å². The van der Waals surface area contributed by atoms with Crippen LogP contribution >= 0.6 is 0 Å². The summed E-state index contributed by atoms with van der Waals surface area (Å²) in [6, 6.07) is 0. The molecule has 0 aromatic heterocycles. The predicted molar refractivity (Wildman–Crippen MR) is 32.5 cm³/mol. The smallest absolute Gasteiger partial charge is 0.195 e. The molecule has 0 aromatic rings. The fourth-order valence-electron chi connectivity index (χ4n) is 0.207. The van der Waals surface area contributed by atoms with Gasteiger partial charge in [-0.3, -0.25) is 0 Å². The fraction of sp³-hybridized carbons (Fsp3) is 0.200. The molecule has 36 valence electrons. The maximum absolute atomic E-state index is 8.57. The molecule has 0 aliphatic carbocycles. The molecule has 0 amide bonds. The van der Waals surface area contributed by atoms with Crippen molar-refractivity contribution in [3.05, 3.63) is 12.7 Å². The average Bonchev–Trinajstić information content (AvgIpc) is 1.68. The molecular formula is C5H7BO. The molecular weight excluding hydrogens is 86.9 g/mol. The van der Waals surface area contributed by atoms with Crippen LogP contribution in [0.2, 0.25) is 0 Å². The van der Waals surface area contributed by atoms with Crippen LogP contribution in [0.5, 0.6) is 0 Å². The van der Waals surface area contributed by atoms with Crippen molar-refractivity contribution in [2.75, 3.05) is 0 Å². The minimum Gasteiger partial charge on any atom is -0.377 e. The highest BCUT2D eigenvalue weighted by molar-refractivity contribution is 6.22. The van der Waals surface area contributed by atoms with Gasteiger partial charge in [0.25, 0.3) is 0 Å². The first-order chi connectivity index (χ1) is 3.31. The molecule has 0 aliphatic rings. The van der Waals surface area contributed by atoms with Gasteiger partial charge in [0.1, 0.15) is 6.10 Å². The Balaban J connectivity index is 3.49. The summed E-state index contributed by atoms with van der Waals surface area (Å²) in [6.45, 7) is 3.33. The summed E-state index contributed by atoms with van der Waals surface area (Å²) < 4.78 is 0. The number of aliphatic hydroxyl groups is 1. The van der Waals surface area contributed by atoms with Crippen molar-refractivity contribution in [2.45, 2.75) is 6.10 Å². The van der Waals surface area contributed by atoms with E-state index >= 15 is 0 Å². The lowest BCUT2D eigenvalue weighted by Crippen LogP contribution is -1.94. The van der Waals surface area contributed by atoms with Crippen LogP contribution in [0.1, 0.15) is 0 Å². The Morgan fingerprint density at radius 3 is 2.57 bits per heavy atom. The summed E-state index contributed by atoms with van der Waals surface area (Å²) >= 11 is 0. The summed E-state index contributed by atoms with van der Waals surface area (Å²) in [5.41, 5.74) is 0. The van der Waals surface area contributed by atoms with Crippen LogP contribution in [0.3, 0.4) is 0 Å². The highest BCUT2D eigenvalue weighted by Gasteiger charge is 1.82. The molecule has 1 N–H and O–H groups in total. The third kappa shape index (κ3) is 3.15. The first-order valence-corrected chi connectivity index (χ1v) is 2.04. The molecule has 0 aromatic carbocycles. The molecule has 2 heteroatoms. The van der Waals surface area contributed by atoms with Crippen molar-refractivity contribution < 1.29 is 5.11 Å². The van der Waals surface area contributed by atoms with Crippen LogP contribution in [-0.4, -0.2) is 19.1 Å². The van der Waals surface area contributed by atoms with Crippen molar-refractivity contribution in [1.82, 2.24) is 0 Å². The van der Waals surface area contributed by atoms with Crippen LogP contribution in [0, 0.1) is 11.7 Å². The van der Waals surface area contributed by atoms with Gasteiger partial charge in [-0.25, -0.2) is 0 Å². The van der Waals surface area contributed by atoms with E-state index in [1.807, 2.05) is 0 Å². The van der Waals surface area contributed by atoms with Gasteiger partial charge in [0.2, 0.25) is 0 Å². The van der Waals surface area contributed by atoms with E-state index in [2.05, 4.69) is 18.3 Å². The van der Waals surface area contributed by atoms with Gasteiger partial charge in [-0.15, -0.1) is 0 Å². The maximum Gasteiger partial charge on any atom is 0.195 e. The van der Waals surface area contributed by atoms with Crippen molar-refractivity contribution in [3.63, 3.8) is 0 Å². The van der Waals surface area contributed by atoms with Crippen LogP contribution in [0.25, 0.3) is 0 Å². The van der Waals surface area contributed by atoms with Crippen molar-refractivity contribution in [1.29, 1.82) is 0 Å². The molecule has 0 radical (unpaired) electrons. The number of hydrogen-bond acceptors (Lipinski definition) is 1. The SMILES string of the molecule is BC#C[C@@H](O)C=C. The molecule has 7 heavy (non-hydrogen) atoms. The molecule has 0 saturated carbocycles. The normalized spacial score (nSPS) is 11.0. The molecule has 0 unspecified atom stereocenters. The minimum atomic E-state index is -0.648. The highest BCUT2D eigenvalue weighted by Crippen LogP contribution is 1.75. The van der Waals surface area contributed by atoms with Crippen molar-refractivity contribution in [2.24, 2.45) is 0 Å². The molecule has 0 heterocycles. The minimum absolute atomic E-state index is 0.648. The number of rotatable bonds is 1. The summed E-state index contributed by atoms with van der Waals surface area (Å²) in [5.74, 6) is 5.03. The Bertz CT molecular complexity index is 109. The van der Waals surface area contributed by atoms with Gasteiger partial charge in [0.15, 0.2) is 7.85 Å². The summed E-state index contributed by atoms with van der Waals surface area (Å²) in [7, 11) is 1.67. The summed E-state index contributed by atoms with van der Waals surface area (Å²) in [5, 5.41) is 8.57. The average molecular weight is 93.9 g/mol. The quantitative estimate of drug-likeness (QED) is 0.254. The Morgan fingerprint density at radius 1 is 1.86 bits per heavy atom. The van der Waals surface area contributed by atoms with Crippen molar-refractivity contribution in [3.8, 4) is 11.7 Å². The third-order valence-electron chi connectivity index (χ3n) is 0.515. The largest absolute Gasteiger partial charge is 0.377 e. The van der Waals surface area contributed by atoms with Gasteiger partial charge in [-0.2, -0.15) is 5.82 Å². The zero-order valence-electron chi connectivity index (χ0n) is 4.31. The molecule has 0 saturated heterocycles. The standard InChI is InChI=1S/C5H7BO/c1-2-5(7)3-4-6/h2,5,7H,1,6H2/t5-/m0/s1. The molecule has 1 atom stereocenters. The second-order valence-corrected chi connectivity index (χ2v) is 1.07. The van der Waals surface area contributed by atoms with E-state index in [0.717, 1.165) is 0 Å². The molecule has 0 bridgehead atoms. The first-order valence-electron chi connectivity index (χ1n) is 2.04. The third-order valence-corrected chi connectivity index (χ3v) is 0.515. The Morgan fingerprint density at radius 2 is 2.43 bits per heavy atom. The zero-order valence-corrected chi connectivity index (χ0v) is 4.31. The maximum atomic E-state index is 8.57. The van der Waals surface area contributed by atoms with Crippen LogP contribution in [-0.2, 0) is 0 Å².